The van der Waals surface area contributed by atoms with Gasteiger partial charge < -0.3 is 4.74 Å². The summed E-state index contributed by atoms with van der Waals surface area (Å²) in [6.45, 7) is 2.97. The molecule has 1 aliphatic rings. The Morgan fingerprint density at radius 1 is 1.61 bits per heavy atom. The van der Waals surface area contributed by atoms with Crippen LogP contribution in [0.3, 0.4) is 0 Å². The van der Waals surface area contributed by atoms with Crippen LogP contribution in [-0.2, 0) is 11.2 Å². The highest BCUT2D eigenvalue weighted by Gasteiger charge is 2.31. The molecule has 4 heteroatoms. The second-order valence-corrected chi connectivity index (χ2v) is 5.26. The van der Waals surface area contributed by atoms with Gasteiger partial charge in [0.15, 0.2) is 0 Å². The van der Waals surface area contributed by atoms with Gasteiger partial charge >= 0.3 is 0 Å². The molecule has 3 unspecified atom stereocenters. The van der Waals surface area contributed by atoms with Crippen LogP contribution in [0.2, 0.25) is 0 Å². The van der Waals surface area contributed by atoms with E-state index in [2.05, 4.69) is 23.4 Å². The molecule has 0 saturated carbocycles. The standard InChI is InChI=1S/C14H23N3O/c1-10(9-18-2)8-13(17-15)12-6-5-11-4-3-7-16-14(11)12/h3-4,7,10,12-13,17H,5-6,8-9,15H2,1-2H3. The topological polar surface area (TPSA) is 60.2 Å². The first kappa shape index (κ1) is 13.5. The van der Waals surface area contributed by atoms with Gasteiger partial charge in [0.2, 0.25) is 0 Å². The molecule has 1 aliphatic carbocycles. The molecule has 0 spiro atoms. The fourth-order valence-electron chi connectivity index (χ4n) is 2.97. The molecule has 0 aromatic carbocycles. The highest BCUT2D eigenvalue weighted by molar-refractivity contribution is 5.29. The van der Waals surface area contributed by atoms with Crippen LogP contribution in [0.15, 0.2) is 18.3 Å². The van der Waals surface area contributed by atoms with Gasteiger partial charge in [0.1, 0.15) is 0 Å². The fraction of sp³-hybridized carbons (Fsp3) is 0.643. The number of hydrogen-bond acceptors (Lipinski definition) is 4. The molecule has 1 heterocycles. The third-order valence-electron chi connectivity index (χ3n) is 3.81. The molecule has 0 fully saturated rings. The number of hydrogen-bond donors (Lipinski definition) is 2. The van der Waals surface area contributed by atoms with E-state index in [0.29, 0.717) is 11.8 Å². The molecule has 3 N–H and O–H groups in total. The normalized spacial score (nSPS) is 21.6. The number of ether oxygens (including phenoxy) is 1. The summed E-state index contributed by atoms with van der Waals surface area (Å²) < 4.78 is 5.20. The van der Waals surface area contributed by atoms with Gasteiger partial charge in [-0.1, -0.05) is 13.0 Å². The van der Waals surface area contributed by atoms with Gasteiger partial charge in [0, 0.05) is 37.6 Å². The van der Waals surface area contributed by atoms with Gasteiger partial charge in [0.25, 0.3) is 0 Å². The molecule has 100 valence electrons. The lowest BCUT2D eigenvalue weighted by Crippen LogP contribution is -2.41. The largest absolute Gasteiger partial charge is 0.384 e. The summed E-state index contributed by atoms with van der Waals surface area (Å²) in [4.78, 5) is 4.54. The van der Waals surface area contributed by atoms with Gasteiger partial charge in [-0.2, -0.15) is 0 Å². The Labute approximate surface area is 109 Å². The van der Waals surface area contributed by atoms with Crippen molar-refractivity contribution in [3.8, 4) is 0 Å². The van der Waals surface area contributed by atoms with Crippen molar-refractivity contribution in [2.45, 2.75) is 38.1 Å². The first-order chi connectivity index (χ1) is 8.76. The second kappa shape index (κ2) is 6.27. The third-order valence-corrected chi connectivity index (χ3v) is 3.81. The molecule has 2 rings (SSSR count). The summed E-state index contributed by atoms with van der Waals surface area (Å²) in [5.41, 5.74) is 5.58. The Morgan fingerprint density at radius 2 is 2.44 bits per heavy atom. The highest BCUT2D eigenvalue weighted by Crippen LogP contribution is 2.35. The van der Waals surface area contributed by atoms with E-state index in [1.54, 1.807) is 7.11 Å². The van der Waals surface area contributed by atoms with Crippen molar-refractivity contribution in [3.05, 3.63) is 29.6 Å². The van der Waals surface area contributed by atoms with Crippen LogP contribution < -0.4 is 11.3 Å². The van der Waals surface area contributed by atoms with E-state index in [4.69, 9.17) is 10.6 Å². The third kappa shape index (κ3) is 2.88. The van der Waals surface area contributed by atoms with Gasteiger partial charge in [0.05, 0.1) is 0 Å². The summed E-state index contributed by atoms with van der Waals surface area (Å²) in [5, 5.41) is 0. The van der Waals surface area contributed by atoms with Crippen molar-refractivity contribution < 1.29 is 4.74 Å². The fourth-order valence-corrected chi connectivity index (χ4v) is 2.97. The average Bonchev–Trinajstić information content (AvgIpc) is 2.80. The minimum atomic E-state index is 0.284. The molecule has 0 radical (unpaired) electrons. The van der Waals surface area contributed by atoms with Crippen LogP contribution in [-0.4, -0.2) is 24.7 Å². The Hall–Kier alpha value is -0.970. The summed E-state index contributed by atoms with van der Waals surface area (Å²) in [6, 6.07) is 4.47. The number of methoxy groups -OCH3 is 1. The number of fused-ring (bicyclic) bond motifs is 1. The summed E-state index contributed by atoms with van der Waals surface area (Å²) in [7, 11) is 1.74. The van der Waals surface area contributed by atoms with Crippen molar-refractivity contribution in [1.29, 1.82) is 0 Å². The van der Waals surface area contributed by atoms with E-state index in [1.165, 1.54) is 11.3 Å². The monoisotopic (exact) mass is 249 g/mol. The molecule has 1 aromatic heterocycles. The summed E-state index contributed by atoms with van der Waals surface area (Å²) >= 11 is 0. The summed E-state index contributed by atoms with van der Waals surface area (Å²) in [6.07, 6.45) is 5.15. The molecule has 0 amide bonds. The van der Waals surface area contributed by atoms with Crippen molar-refractivity contribution in [2.24, 2.45) is 11.8 Å². The maximum Gasteiger partial charge on any atom is 0.0488 e. The van der Waals surface area contributed by atoms with E-state index >= 15 is 0 Å². The lowest BCUT2D eigenvalue weighted by Gasteiger charge is -2.25. The minimum absolute atomic E-state index is 0.284. The molecule has 0 aliphatic heterocycles. The Kier molecular flexibility index (Phi) is 4.69. The highest BCUT2D eigenvalue weighted by atomic mass is 16.5. The van der Waals surface area contributed by atoms with Crippen molar-refractivity contribution in [2.75, 3.05) is 13.7 Å². The van der Waals surface area contributed by atoms with Crippen molar-refractivity contribution in [3.63, 3.8) is 0 Å². The van der Waals surface area contributed by atoms with Gasteiger partial charge in [-0.25, -0.2) is 0 Å². The lowest BCUT2D eigenvalue weighted by atomic mass is 9.90. The summed E-state index contributed by atoms with van der Waals surface area (Å²) in [5.74, 6) is 6.67. The molecule has 18 heavy (non-hydrogen) atoms. The molecule has 0 saturated heterocycles. The van der Waals surface area contributed by atoms with Crippen molar-refractivity contribution in [1.82, 2.24) is 10.4 Å². The van der Waals surface area contributed by atoms with Crippen LogP contribution in [0.5, 0.6) is 0 Å². The number of pyridine rings is 1. The first-order valence-electron chi connectivity index (χ1n) is 6.65. The predicted octanol–water partition coefficient (Wildman–Crippen LogP) is 1.62. The molecular weight excluding hydrogens is 226 g/mol. The second-order valence-electron chi connectivity index (χ2n) is 5.26. The Morgan fingerprint density at radius 3 is 3.17 bits per heavy atom. The zero-order valence-electron chi connectivity index (χ0n) is 11.2. The average molecular weight is 249 g/mol. The Balaban J connectivity index is 2.06. The molecule has 1 aromatic rings. The van der Waals surface area contributed by atoms with Gasteiger partial charge in [-0.3, -0.25) is 16.3 Å². The number of rotatable bonds is 6. The van der Waals surface area contributed by atoms with Crippen LogP contribution in [0.4, 0.5) is 0 Å². The zero-order valence-corrected chi connectivity index (χ0v) is 11.2. The molecule has 0 bridgehead atoms. The van der Waals surface area contributed by atoms with Crippen LogP contribution in [0.1, 0.15) is 36.9 Å². The molecule has 4 nitrogen and oxygen atoms in total. The SMILES string of the molecule is COCC(C)CC(NN)C1CCc2cccnc21. The van der Waals surface area contributed by atoms with Crippen LogP contribution in [0, 0.1) is 5.92 Å². The van der Waals surface area contributed by atoms with E-state index < -0.39 is 0 Å². The molecule has 3 atom stereocenters. The quantitative estimate of drug-likeness (QED) is 0.594. The number of nitrogens with zero attached hydrogens (tertiary/aromatic N) is 1. The van der Waals surface area contributed by atoms with E-state index in [-0.39, 0.29) is 6.04 Å². The predicted molar refractivity (Wildman–Crippen MR) is 72.1 cm³/mol. The van der Waals surface area contributed by atoms with Crippen molar-refractivity contribution >= 4 is 0 Å². The van der Waals surface area contributed by atoms with Crippen LogP contribution in [0.25, 0.3) is 0 Å². The van der Waals surface area contributed by atoms with Gasteiger partial charge in [-0.15, -0.1) is 0 Å². The first-order valence-corrected chi connectivity index (χ1v) is 6.65. The van der Waals surface area contributed by atoms with E-state index in [1.807, 2.05) is 12.3 Å². The zero-order chi connectivity index (χ0) is 13.0. The van der Waals surface area contributed by atoms with Crippen LogP contribution >= 0.6 is 0 Å². The number of nitrogens with one attached hydrogen (secondary N) is 1. The minimum Gasteiger partial charge on any atom is -0.384 e. The number of nitrogens with two attached hydrogens (primary N) is 1. The smallest absolute Gasteiger partial charge is 0.0488 e. The maximum atomic E-state index is 5.74. The van der Waals surface area contributed by atoms with Gasteiger partial charge in [-0.05, 0) is 36.8 Å². The molecular formula is C14H23N3O. The maximum absolute atomic E-state index is 5.74. The Bertz CT molecular complexity index is 383. The number of aromatic nitrogens is 1. The van der Waals surface area contributed by atoms with E-state index in [9.17, 15) is 0 Å². The number of hydrazine groups is 1. The lowest BCUT2D eigenvalue weighted by molar-refractivity contribution is 0.146. The number of aryl methyl sites for hydroxylation is 1. The van der Waals surface area contributed by atoms with E-state index in [0.717, 1.165) is 25.9 Å².